The molecule has 2 heterocycles. The SMILES string of the molecule is N#Cc1ccc(-n2c3cc(C(F)(F)F)ccc3c3ccc(C(F)(F)F)cc32)c(C#N)c1-n1c2cc(C(F)(F)F)ccc2c2ccc(C(F)(F)F)cc21. The lowest BCUT2D eigenvalue weighted by Crippen LogP contribution is -2.09. The number of hydrogen-bond acceptors (Lipinski definition) is 2. The van der Waals surface area contributed by atoms with Crippen LogP contribution in [0.2, 0.25) is 0 Å². The first-order chi connectivity index (χ1) is 24.2. The third-order valence-corrected chi connectivity index (χ3v) is 8.70. The normalized spacial score (nSPS) is 13.0. The quantitative estimate of drug-likeness (QED) is 0.166. The van der Waals surface area contributed by atoms with Crippen molar-refractivity contribution in [3.63, 3.8) is 0 Å². The lowest BCUT2D eigenvalue weighted by atomic mass is 10.0. The van der Waals surface area contributed by atoms with Crippen LogP contribution in [0.15, 0.2) is 84.9 Å². The highest BCUT2D eigenvalue weighted by molar-refractivity contribution is 6.11. The lowest BCUT2D eigenvalue weighted by Gasteiger charge is -2.18. The maximum atomic E-state index is 14.0. The van der Waals surface area contributed by atoms with Crippen LogP contribution in [-0.4, -0.2) is 9.13 Å². The Morgan fingerprint density at radius 3 is 1.02 bits per heavy atom. The Hall–Kier alpha value is -6.16. The monoisotopic (exact) mass is 730 g/mol. The predicted molar refractivity (Wildman–Crippen MR) is 165 cm³/mol. The topological polar surface area (TPSA) is 57.4 Å². The molecule has 0 bridgehead atoms. The van der Waals surface area contributed by atoms with Crippen LogP contribution in [0.1, 0.15) is 33.4 Å². The summed E-state index contributed by atoms with van der Waals surface area (Å²) in [6, 6.07) is 14.9. The van der Waals surface area contributed by atoms with Crippen LogP contribution in [0.3, 0.4) is 0 Å². The molecule has 0 atom stereocenters. The van der Waals surface area contributed by atoms with Gasteiger partial charge in [-0.2, -0.15) is 63.2 Å². The minimum Gasteiger partial charge on any atom is -0.308 e. The maximum Gasteiger partial charge on any atom is 0.416 e. The number of benzene rings is 5. The first-order valence-electron chi connectivity index (χ1n) is 14.7. The zero-order chi connectivity index (χ0) is 37.7. The molecule has 0 aliphatic heterocycles. The maximum absolute atomic E-state index is 14.0. The molecule has 262 valence electrons. The molecular formula is C36H14F12N4. The second-order valence-corrected chi connectivity index (χ2v) is 11.7. The van der Waals surface area contributed by atoms with E-state index < -0.39 is 80.5 Å². The zero-order valence-corrected chi connectivity index (χ0v) is 25.4. The number of nitriles is 2. The van der Waals surface area contributed by atoms with E-state index >= 15 is 0 Å². The second-order valence-electron chi connectivity index (χ2n) is 11.7. The Morgan fingerprint density at radius 2 is 0.731 bits per heavy atom. The van der Waals surface area contributed by atoms with Crippen LogP contribution in [0.25, 0.3) is 55.0 Å². The summed E-state index contributed by atoms with van der Waals surface area (Å²) < 4.78 is 169. The molecule has 5 aromatic carbocycles. The van der Waals surface area contributed by atoms with E-state index in [1.54, 1.807) is 12.1 Å². The number of fused-ring (bicyclic) bond motifs is 6. The molecule has 0 fully saturated rings. The van der Waals surface area contributed by atoms with Gasteiger partial charge in [0.25, 0.3) is 0 Å². The summed E-state index contributed by atoms with van der Waals surface area (Å²) in [7, 11) is 0. The van der Waals surface area contributed by atoms with Crippen molar-refractivity contribution in [2.75, 3.05) is 0 Å². The summed E-state index contributed by atoms with van der Waals surface area (Å²) >= 11 is 0. The van der Waals surface area contributed by atoms with Gasteiger partial charge in [-0.05, 0) is 60.7 Å². The molecule has 0 amide bonds. The van der Waals surface area contributed by atoms with Gasteiger partial charge in [0.15, 0.2) is 0 Å². The molecule has 2 aromatic heterocycles. The summed E-state index contributed by atoms with van der Waals surface area (Å²) in [6.07, 6.45) is -19.8. The minimum absolute atomic E-state index is 0.0172. The molecule has 0 saturated carbocycles. The van der Waals surface area contributed by atoms with Gasteiger partial charge in [0.1, 0.15) is 17.7 Å². The number of nitrogens with zero attached hydrogens (tertiary/aromatic N) is 4. The minimum atomic E-state index is -4.96. The van der Waals surface area contributed by atoms with E-state index in [1.807, 2.05) is 0 Å². The molecule has 4 nitrogen and oxygen atoms in total. The Morgan fingerprint density at radius 1 is 0.404 bits per heavy atom. The van der Waals surface area contributed by atoms with Crippen LogP contribution >= 0.6 is 0 Å². The van der Waals surface area contributed by atoms with Gasteiger partial charge in [0.05, 0.1) is 61.3 Å². The lowest BCUT2D eigenvalue weighted by molar-refractivity contribution is -0.138. The number of halogens is 12. The molecule has 0 spiro atoms. The first-order valence-corrected chi connectivity index (χ1v) is 14.7. The smallest absolute Gasteiger partial charge is 0.308 e. The van der Waals surface area contributed by atoms with Gasteiger partial charge < -0.3 is 9.13 Å². The second kappa shape index (κ2) is 11.2. The van der Waals surface area contributed by atoms with E-state index in [0.717, 1.165) is 45.5 Å². The predicted octanol–water partition coefficient (Wildman–Crippen LogP) is 11.7. The van der Waals surface area contributed by atoms with Crippen molar-refractivity contribution in [1.82, 2.24) is 9.13 Å². The molecule has 0 unspecified atom stereocenters. The Bertz CT molecular complexity index is 2570. The molecule has 0 aliphatic rings. The molecular weight excluding hydrogens is 716 g/mol. The van der Waals surface area contributed by atoms with Crippen LogP contribution in [0, 0.1) is 22.7 Å². The van der Waals surface area contributed by atoms with Crippen LogP contribution in [-0.2, 0) is 24.7 Å². The summed E-state index contributed by atoms with van der Waals surface area (Å²) in [5.74, 6) is 0. The molecule has 16 heteroatoms. The van der Waals surface area contributed by atoms with E-state index in [0.29, 0.717) is 48.5 Å². The van der Waals surface area contributed by atoms with Crippen molar-refractivity contribution >= 4 is 43.6 Å². The molecule has 0 radical (unpaired) electrons. The summed E-state index contributed by atoms with van der Waals surface area (Å²) in [4.78, 5) is 0. The fraction of sp³-hybridized carbons (Fsp3) is 0.111. The highest BCUT2D eigenvalue weighted by Crippen LogP contribution is 2.44. The standard InChI is InChI=1S/C36H14F12N4/c37-33(38,39)18-2-6-22-23-7-3-19(34(40,41)42)12-29(23)51(28(22)11-18)27-10-1-17(15-49)32(26(27)16-50)52-30-13-20(35(43,44)45)4-8-24(30)25-9-5-21(14-31(25)52)36(46,47)48/h1-14H. The van der Waals surface area contributed by atoms with Gasteiger partial charge in [-0.15, -0.1) is 0 Å². The fourth-order valence-electron chi connectivity index (χ4n) is 6.44. The average molecular weight is 731 g/mol. The summed E-state index contributed by atoms with van der Waals surface area (Å²) in [5, 5.41) is 20.8. The Balaban J connectivity index is 1.69. The van der Waals surface area contributed by atoms with Crippen LogP contribution < -0.4 is 0 Å². The van der Waals surface area contributed by atoms with E-state index in [-0.39, 0.29) is 32.6 Å². The molecule has 52 heavy (non-hydrogen) atoms. The van der Waals surface area contributed by atoms with Crippen molar-refractivity contribution in [3.05, 3.63) is 118 Å². The van der Waals surface area contributed by atoms with Gasteiger partial charge in [-0.3, -0.25) is 0 Å². The number of hydrogen-bond donors (Lipinski definition) is 0. The van der Waals surface area contributed by atoms with Gasteiger partial charge in [0.2, 0.25) is 0 Å². The highest BCUT2D eigenvalue weighted by atomic mass is 19.4. The molecule has 0 saturated heterocycles. The van der Waals surface area contributed by atoms with Crippen LogP contribution in [0.5, 0.6) is 0 Å². The van der Waals surface area contributed by atoms with Gasteiger partial charge in [-0.25, -0.2) is 0 Å². The van der Waals surface area contributed by atoms with Gasteiger partial charge >= 0.3 is 24.7 Å². The number of alkyl halides is 12. The van der Waals surface area contributed by atoms with E-state index in [4.69, 9.17) is 0 Å². The Labute approximate surface area is 282 Å². The summed E-state index contributed by atoms with van der Waals surface area (Å²) in [5.41, 5.74) is -8.45. The third-order valence-electron chi connectivity index (χ3n) is 8.70. The van der Waals surface area contributed by atoms with E-state index in [9.17, 15) is 63.2 Å². The van der Waals surface area contributed by atoms with Gasteiger partial charge in [0, 0.05) is 21.5 Å². The van der Waals surface area contributed by atoms with Crippen molar-refractivity contribution in [2.24, 2.45) is 0 Å². The first kappa shape index (κ1) is 34.3. The molecule has 0 N–H and O–H groups in total. The van der Waals surface area contributed by atoms with Crippen LogP contribution in [0.4, 0.5) is 52.7 Å². The number of rotatable bonds is 2. The highest BCUT2D eigenvalue weighted by Gasteiger charge is 2.36. The molecule has 7 rings (SSSR count). The zero-order valence-electron chi connectivity index (χ0n) is 25.4. The largest absolute Gasteiger partial charge is 0.416 e. The van der Waals surface area contributed by atoms with Crippen molar-refractivity contribution in [1.29, 1.82) is 10.5 Å². The average Bonchev–Trinajstić information content (AvgIpc) is 3.57. The van der Waals surface area contributed by atoms with Gasteiger partial charge in [-0.1, -0.05) is 24.3 Å². The third kappa shape index (κ3) is 5.33. The molecule has 7 aromatic rings. The van der Waals surface area contributed by atoms with Crippen molar-refractivity contribution in [3.8, 4) is 23.5 Å². The van der Waals surface area contributed by atoms with E-state index in [1.165, 1.54) is 0 Å². The van der Waals surface area contributed by atoms with Crippen molar-refractivity contribution in [2.45, 2.75) is 24.7 Å². The summed E-state index contributed by atoms with van der Waals surface area (Å²) in [6.45, 7) is 0. The fourth-order valence-corrected chi connectivity index (χ4v) is 6.44. The van der Waals surface area contributed by atoms with E-state index in [2.05, 4.69) is 0 Å². The number of aromatic nitrogens is 2. The molecule has 0 aliphatic carbocycles. The van der Waals surface area contributed by atoms with Crippen molar-refractivity contribution < 1.29 is 52.7 Å². The Kier molecular flexibility index (Phi) is 7.37.